The van der Waals surface area contributed by atoms with Crippen molar-refractivity contribution in [2.24, 2.45) is 0 Å². The third-order valence-electron chi connectivity index (χ3n) is 4.81. The molecule has 0 bridgehead atoms. The Balaban J connectivity index is 1.38. The van der Waals surface area contributed by atoms with Gasteiger partial charge in [-0.05, 0) is 36.2 Å². The highest BCUT2D eigenvalue weighted by molar-refractivity contribution is 7.99. The van der Waals surface area contributed by atoms with Gasteiger partial charge in [0.05, 0.1) is 6.54 Å². The number of likely N-dealkylation sites (N-methyl/N-ethyl adjacent to an activating group) is 1. The van der Waals surface area contributed by atoms with E-state index in [1.54, 1.807) is 11.9 Å². The first-order chi connectivity index (χ1) is 13.7. The number of thioether (sulfide) groups is 1. The number of nitrogens with zero attached hydrogens (tertiary/aromatic N) is 2. The fraction of sp³-hybridized carbons (Fsp3) is 0.409. The summed E-state index contributed by atoms with van der Waals surface area (Å²) < 4.78 is 5.64. The molecule has 1 heterocycles. The lowest BCUT2D eigenvalue weighted by Crippen LogP contribution is -2.34. The van der Waals surface area contributed by atoms with Gasteiger partial charge in [-0.25, -0.2) is 4.79 Å². The fourth-order valence-corrected chi connectivity index (χ4v) is 3.98. The summed E-state index contributed by atoms with van der Waals surface area (Å²) in [6, 6.07) is 17.7. The topological polar surface area (TPSA) is 44.8 Å². The molecular formula is C22H29N3O2S. The van der Waals surface area contributed by atoms with Crippen LogP contribution in [0.5, 0.6) is 5.75 Å². The van der Waals surface area contributed by atoms with E-state index in [1.807, 2.05) is 54.2 Å². The van der Waals surface area contributed by atoms with Crippen LogP contribution < -0.4 is 10.1 Å². The van der Waals surface area contributed by atoms with Gasteiger partial charge in [-0.3, -0.25) is 0 Å². The van der Waals surface area contributed by atoms with E-state index in [-0.39, 0.29) is 6.03 Å². The van der Waals surface area contributed by atoms with Crippen LogP contribution in [0.3, 0.4) is 0 Å². The smallest absolute Gasteiger partial charge is 0.321 e. The summed E-state index contributed by atoms with van der Waals surface area (Å²) in [4.78, 5) is 16.5. The van der Waals surface area contributed by atoms with Crippen molar-refractivity contribution in [3.05, 3.63) is 60.2 Å². The van der Waals surface area contributed by atoms with Crippen molar-refractivity contribution >= 4 is 23.5 Å². The molecule has 3 rings (SSSR count). The molecule has 5 nitrogen and oxygen atoms in total. The zero-order chi connectivity index (χ0) is 19.6. The first-order valence-electron chi connectivity index (χ1n) is 9.80. The van der Waals surface area contributed by atoms with Gasteiger partial charge in [0.2, 0.25) is 0 Å². The third-order valence-corrected chi connectivity index (χ3v) is 5.75. The number of amides is 2. The standard InChI is InChI=1S/C22H29N3O2S/c1-24(13-16-27-21-5-3-2-4-6-21)22(26)23-20-9-7-19(8-10-20)11-12-25-14-17-28-18-15-25/h2-10H,11-18H2,1H3,(H,23,26). The second kappa shape index (κ2) is 11.0. The lowest BCUT2D eigenvalue weighted by Gasteiger charge is -2.26. The summed E-state index contributed by atoms with van der Waals surface area (Å²) in [5.41, 5.74) is 2.12. The zero-order valence-electron chi connectivity index (χ0n) is 16.5. The number of hydrogen-bond acceptors (Lipinski definition) is 4. The molecule has 150 valence electrons. The summed E-state index contributed by atoms with van der Waals surface area (Å²) in [6.45, 7) is 4.48. The van der Waals surface area contributed by atoms with Gasteiger partial charge in [0, 0.05) is 43.9 Å². The minimum absolute atomic E-state index is 0.129. The molecule has 6 heteroatoms. The van der Waals surface area contributed by atoms with Gasteiger partial charge in [-0.1, -0.05) is 30.3 Å². The average Bonchev–Trinajstić information content (AvgIpc) is 2.74. The fourth-order valence-electron chi connectivity index (χ4n) is 3.00. The van der Waals surface area contributed by atoms with Crippen LogP contribution in [-0.2, 0) is 6.42 Å². The second-order valence-electron chi connectivity index (χ2n) is 6.91. The summed E-state index contributed by atoms with van der Waals surface area (Å²) in [5, 5.41) is 2.94. The van der Waals surface area contributed by atoms with Crippen LogP contribution in [-0.4, -0.2) is 67.2 Å². The van der Waals surface area contributed by atoms with Gasteiger partial charge in [0.15, 0.2) is 0 Å². The highest BCUT2D eigenvalue weighted by Gasteiger charge is 2.11. The zero-order valence-corrected chi connectivity index (χ0v) is 17.3. The molecule has 1 fully saturated rings. The van der Waals surface area contributed by atoms with Crippen LogP contribution in [0.15, 0.2) is 54.6 Å². The van der Waals surface area contributed by atoms with Crippen LogP contribution in [0.4, 0.5) is 10.5 Å². The molecule has 2 aromatic carbocycles. The van der Waals surface area contributed by atoms with Gasteiger partial charge in [-0.2, -0.15) is 11.8 Å². The summed E-state index contributed by atoms with van der Waals surface area (Å²) in [5.74, 6) is 3.30. The van der Waals surface area contributed by atoms with Crippen molar-refractivity contribution in [2.75, 3.05) is 56.7 Å². The number of rotatable bonds is 8. The lowest BCUT2D eigenvalue weighted by molar-refractivity contribution is 0.207. The molecule has 0 spiro atoms. The molecule has 2 amide bonds. The van der Waals surface area contributed by atoms with Crippen LogP contribution >= 0.6 is 11.8 Å². The van der Waals surface area contributed by atoms with Gasteiger partial charge < -0.3 is 19.9 Å². The minimum atomic E-state index is -0.129. The SMILES string of the molecule is CN(CCOc1ccccc1)C(=O)Nc1ccc(CCN2CCSCC2)cc1. The van der Waals surface area contributed by atoms with Crippen molar-refractivity contribution in [1.29, 1.82) is 0 Å². The highest BCUT2D eigenvalue weighted by atomic mass is 32.2. The molecule has 0 radical (unpaired) electrons. The number of hydrogen-bond donors (Lipinski definition) is 1. The number of nitrogens with one attached hydrogen (secondary N) is 1. The van der Waals surface area contributed by atoms with E-state index in [9.17, 15) is 4.79 Å². The molecule has 1 aliphatic rings. The number of anilines is 1. The molecule has 0 unspecified atom stereocenters. The van der Waals surface area contributed by atoms with Crippen molar-refractivity contribution in [3.8, 4) is 5.75 Å². The first kappa shape index (κ1) is 20.6. The second-order valence-corrected chi connectivity index (χ2v) is 8.14. The maximum Gasteiger partial charge on any atom is 0.321 e. The molecule has 28 heavy (non-hydrogen) atoms. The number of urea groups is 1. The number of para-hydroxylation sites is 1. The van der Waals surface area contributed by atoms with E-state index in [1.165, 1.54) is 30.2 Å². The number of benzene rings is 2. The minimum Gasteiger partial charge on any atom is -0.492 e. The lowest BCUT2D eigenvalue weighted by atomic mass is 10.1. The molecule has 0 aromatic heterocycles. The Labute approximate surface area is 172 Å². The Bertz CT molecular complexity index is 718. The quantitative estimate of drug-likeness (QED) is 0.733. The van der Waals surface area contributed by atoms with Crippen molar-refractivity contribution in [2.45, 2.75) is 6.42 Å². The summed E-state index contributed by atoms with van der Waals surface area (Å²) >= 11 is 2.04. The first-order valence-corrected chi connectivity index (χ1v) is 11.0. The number of ether oxygens (including phenoxy) is 1. The monoisotopic (exact) mass is 399 g/mol. The van der Waals surface area contributed by atoms with Crippen molar-refractivity contribution < 1.29 is 9.53 Å². The largest absolute Gasteiger partial charge is 0.492 e. The number of carbonyl (C=O) groups excluding carboxylic acids is 1. The van der Waals surface area contributed by atoms with E-state index in [2.05, 4.69) is 22.3 Å². The van der Waals surface area contributed by atoms with E-state index in [0.717, 1.165) is 24.4 Å². The maximum atomic E-state index is 12.3. The molecule has 1 aliphatic heterocycles. The molecule has 0 saturated carbocycles. The Morgan fingerprint density at radius 3 is 2.54 bits per heavy atom. The van der Waals surface area contributed by atoms with Gasteiger partial charge in [0.1, 0.15) is 12.4 Å². The van der Waals surface area contributed by atoms with E-state index >= 15 is 0 Å². The third kappa shape index (κ3) is 6.77. The van der Waals surface area contributed by atoms with Crippen LogP contribution in [0.25, 0.3) is 0 Å². The Kier molecular flexibility index (Phi) is 8.06. The van der Waals surface area contributed by atoms with Crippen molar-refractivity contribution in [1.82, 2.24) is 9.80 Å². The van der Waals surface area contributed by atoms with Crippen LogP contribution in [0.2, 0.25) is 0 Å². The normalized spacial score (nSPS) is 14.5. The Morgan fingerprint density at radius 1 is 1.11 bits per heavy atom. The molecular weight excluding hydrogens is 370 g/mol. The van der Waals surface area contributed by atoms with E-state index < -0.39 is 0 Å². The van der Waals surface area contributed by atoms with Gasteiger partial charge in [-0.15, -0.1) is 0 Å². The molecule has 1 saturated heterocycles. The maximum absolute atomic E-state index is 12.3. The van der Waals surface area contributed by atoms with Crippen LogP contribution in [0, 0.1) is 0 Å². The summed E-state index contributed by atoms with van der Waals surface area (Å²) in [7, 11) is 1.77. The Hall–Kier alpha value is -2.18. The van der Waals surface area contributed by atoms with Crippen molar-refractivity contribution in [3.63, 3.8) is 0 Å². The highest BCUT2D eigenvalue weighted by Crippen LogP contribution is 2.13. The average molecular weight is 400 g/mol. The van der Waals surface area contributed by atoms with Crippen LogP contribution in [0.1, 0.15) is 5.56 Å². The Morgan fingerprint density at radius 2 is 1.82 bits per heavy atom. The van der Waals surface area contributed by atoms with Gasteiger partial charge >= 0.3 is 6.03 Å². The molecule has 0 aliphatic carbocycles. The molecule has 2 aromatic rings. The van der Waals surface area contributed by atoms with E-state index in [0.29, 0.717) is 13.2 Å². The number of carbonyl (C=O) groups is 1. The predicted octanol–water partition coefficient (Wildman–Crippen LogP) is 3.82. The predicted molar refractivity (Wildman–Crippen MR) is 117 cm³/mol. The molecule has 0 atom stereocenters. The molecule has 1 N–H and O–H groups in total. The van der Waals surface area contributed by atoms with E-state index in [4.69, 9.17) is 4.74 Å². The summed E-state index contributed by atoms with van der Waals surface area (Å²) in [6.07, 6.45) is 1.05. The van der Waals surface area contributed by atoms with Gasteiger partial charge in [0.25, 0.3) is 0 Å².